The third kappa shape index (κ3) is 5.19. The van der Waals surface area contributed by atoms with Crippen LogP contribution in [-0.2, 0) is 19.1 Å². The maximum Gasteiger partial charge on any atom is 0.323 e. The molecule has 0 aromatic carbocycles. The molecule has 0 saturated heterocycles. The van der Waals surface area contributed by atoms with Crippen LogP contribution in [0.2, 0.25) is 0 Å². The van der Waals surface area contributed by atoms with Crippen LogP contribution in [0.3, 0.4) is 0 Å². The Morgan fingerprint density at radius 3 is 1.58 bits per heavy atom. The molecule has 0 aliphatic rings. The van der Waals surface area contributed by atoms with E-state index in [1.165, 1.54) is 0 Å². The van der Waals surface area contributed by atoms with E-state index in [4.69, 9.17) is 9.47 Å². The summed E-state index contributed by atoms with van der Waals surface area (Å²) in [5.41, 5.74) is -1.39. The topological polar surface area (TPSA) is 72.8 Å². The van der Waals surface area contributed by atoms with E-state index in [0.717, 1.165) is 0 Å². The summed E-state index contributed by atoms with van der Waals surface area (Å²) in [7, 11) is 0. The Kier molecular flexibility index (Phi) is 8.39. The second-order valence-electron chi connectivity index (χ2n) is 4.54. The fourth-order valence-corrected chi connectivity index (χ4v) is 2.27. The van der Waals surface area contributed by atoms with Gasteiger partial charge < -0.3 is 14.6 Å². The molecule has 19 heavy (non-hydrogen) atoms. The van der Waals surface area contributed by atoms with Gasteiger partial charge in [-0.2, -0.15) is 0 Å². The van der Waals surface area contributed by atoms with Crippen molar-refractivity contribution >= 4 is 11.9 Å². The first-order valence-electron chi connectivity index (χ1n) is 7.02. The third-order valence-corrected chi connectivity index (χ3v) is 2.95. The molecule has 0 aliphatic carbocycles. The number of hydrogen-bond acceptors (Lipinski definition) is 5. The summed E-state index contributed by atoms with van der Waals surface area (Å²) in [5, 5.41) is 10.7. The van der Waals surface area contributed by atoms with Crippen molar-refractivity contribution in [3.63, 3.8) is 0 Å². The number of hydrogen-bond donors (Lipinski definition) is 1. The third-order valence-electron chi connectivity index (χ3n) is 2.95. The average molecular weight is 274 g/mol. The number of ether oxygens (including phenoxy) is 2. The zero-order valence-corrected chi connectivity index (χ0v) is 12.4. The highest BCUT2D eigenvalue weighted by Crippen LogP contribution is 2.30. The molecular formula is C14H26O5. The zero-order valence-electron chi connectivity index (χ0n) is 12.4. The zero-order chi connectivity index (χ0) is 14.9. The lowest BCUT2D eigenvalue weighted by atomic mass is 9.80. The Labute approximate surface area is 115 Å². The Morgan fingerprint density at radius 1 is 0.947 bits per heavy atom. The van der Waals surface area contributed by atoms with E-state index in [2.05, 4.69) is 0 Å². The van der Waals surface area contributed by atoms with Gasteiger partial charge in [0.15, 0.2) is 5.92 Å². The van der Waals surface area contributed by atoms with E-state index in [1.54, 1.807) is 13.8 Å². The second kappa shape index (κ2) is 8.91. The van der Waals surface area contributed by atoms with Crippen LogP contribution in [0.1, 0.15) is 53.4 Å². The van der Waals surface area contributed by atoms with Gasteiger partial charge >= 0.3 is 11.9 Å². The molecule has 0 bridgehead atoms. The van der Waals surface area contributed by atoms with Gasteiger partial charge in [0.1, 0.15) is 0 Å². The molecule has 0 fully saturated rings. The molecule has 112 valence electrons. The maximum atomic E-state index is 12.0. The fourth-order valence-electron chi connectivity index (χ4n) is 2.27. The van der Waals surface area contributed by atoms with Crippen LogP contribution in [0.5, 0.6) is 0 Å². The smallest absolute Gasteiger partial charge is 0.323 e. The van der Waals surface area contributed by atoms with Crippen molar-refractivity contribution in [3.8, 4) is 0 Å². The van der Waals surface area contributed by atoms with Crippen LogP contribution >= 0.6 is 0 Å². The van der Waals surface area contributed by atoms with Crippen molar-refractivity contribution in [3.05, 3.63) is 0 Å². The summed E-state index contributed by atoms with van der Waals surface area (Å²) in [5.74, 6) is -2.66. The second-order valence-corrected chi connectivity index (χ2v) is 4.54. The van der Waals surface area contributed by atoms with Crippen LogP contribution in [-0.4, -0.2) is 35.9 Å². The van der Waals surface area contributed by atoms with Gasteiger partial charge in [-0.05, 0) is 26.7 Å². The molecule has 0 amide bonds. The van der Waals surface area contributed by atoms with E-state index in [0.29, 0.717) is 25.7 Å². The summed E-state index contributed by atoms with van der Waals surface area (Å²) in [6, 6.07) is 0. The van der Waals surface area contributed by atoms with E-state index in [9.17, 15) is 14.7 Å². The molecule has 0 atom stereocenters. The molecule has 1 N–H and O–H groups in total. The van der Waals surface area contributed by atoms with Gasteiger partial charge in [0.05, 0.1) is 18.8 Å². The van der Waals surface area contributed by atoms with Crippen LogP contribution in [0.25, 0.3) is 0 Å². The minimum Gasteiger partial charge on any atom is -0.465 e. The van der Waals surface area contributed by atoms with Gasteiger partial charge in [-0.15, -0.1) is 0 Å². The van der Waals surface area contributed by atoms with Crippen LogP contribution < -0.4 is 0 Å². The first-order valence-corrected chi connectivity index (χ1v) is 7.02. The standard InChI is InChI=1S/C14H26O5/c1-5-9-14(17,10-6-2)11(12(15)18-7-3)13(16)19-8-4/h11,17H,5-10H2,1-4H3. The van der Waals surface area contributed by atoms with Crippen molar-refractivity contribution in [1.29, 1.82) is 0 Å². The Bertz CT molecular complexity index is 264. The quantitative estimate of drug-likeness (QED) is 0.514. The molecule has 0 aromatic rings. The van der Waals surface area contributed by atoms with Gasteiger partial charge in [-0.1, -0.05) is 26.7 Å². The van der Waals surface area contributed by atoms with Gasteiger partial charge in [-0.25, -0.2) is 0 Å². The summed E-state index contributed by atoms with van der Waals surface area (Å²) in [6.07, 6.45) is 2.07. The van der Waals surface area contributed by atoms with Gasteiger partial charge in [0.2, 0.25) is 0 Å². The van der Waals surface area contributed by atoms with E-state index in [1.807, 2.05) is 13.8 Å². The van der Waals surface area contributed by atoms with Crippen LogP contribution in [0, 0.1) is 5.92 Å². The molecule has 0 rings (SSSR count). The largest absolute Gasteiger partial charge is 0.465 e. The molecule has 0 heterocycles. The van der Waals surface area contributed by atoms with E-state index in [-0.39, 0.29) is 13.2 Å². The van der Waals surface area contributed by atoms with Crippen molar-refractivity contribution < 1.29 is 24.2 Å². The normalized spacial score (nSPS) is 11.5. The minimum atomic E-state index is -1.39. The summed E-state index contributed by atoms with van der Waals surface area (Å²) < 4.78 is 9.82. The monoisotopic (exact) mass is 274 g/mol. The van der Waals surface area contributed by atoms with E-state index >= 15 is 0 Å². The van der Waals surface area contributed by atoms with Crippen molar-refractivity contribution in [2.45, 2.75) is 59.0 Å². The first kappa shape index (κ1) is 17.9. The Balaban J connectivity index is 5.25. The molecule has 0 unspecified atom stereocenters. The summed E-state index contributed by atoms with van der Waals surface area (Å²) in [4.78, 5) is 23.9. The molecule has 0 spiro atoms. The Morgan fingerprint density at radius 2 is 1.32 bits per heavy atom. The predicted octanol–water partition coefficient (Wildman–Crippen LogP) is 2.06. The molecular weight excluding hydrogens is 248 g/mol. The van der Waals surface area contributed by atoms with Crippen molar-refractivity contribution in [1.82, 2.24) is 0 Å². The number of aliphatic hydroxyl groups is 1. The molecule has 0 aromatic heterocycles. The van der Waals surface area contributed by atoms with Crippen molar-refractivity contribution in [2.24, 2.45) is 5.92 Å². The number of carbonyl (C=O) groups is 2. The lowest BCUT2D eigenvalue weighted by molar-refractivity contribution is -0.176. The summed E-state index contributed by atoms with van der Waals surface area (Å²) >= 11 is 0. The lowest BCUT2D eigenvalue weighted by Crippen LogP contribution is -2.48. The van der Waals surface area contributed by atoms with Gasteiger partial charge in [0, 0.05) is 0 Å². The first-order chi connectivity index (χ1) is 8.96. The van der Waals surface area contributed by atoms with Crippen molar-refractivity contribution in [2.75, 3.05) is 13.2 Å². The SMILES string of the molecule is CCCC(O)(CCC)C(C(=O)OCC)C(=O)OCC. The highest BCUT2D eigenvalue weighted by atomic mass is 16.6. The maximum absolute atomic E-state index is 12.0. The van der Waals surface area contributed by atoms with Gasteiger partial charge in [-0.3, -0.25) is 9.59 Å². The molecule has 5 heteroatoms. The number of esters is 2. The highest BCUT2D eigenvalue weighted by Gasteiger charge is 2.47. The summed E-state index contributed by atoms with van der Waals surface area (Å²) in [6.45, 7) is 7.46. The molecule has 0 aliphatic heterocycles. The number of carbonyl (C=O) groups excluding carboxylic acids is 2. The van der Waals surface area contributed by atoms with Gasteiger partial charge in [0.25, 0.3) is 0 Å². The Hall–Kier alpha value is -1.10. The lowest BCUT2D eigenvalue weighted by Gasteiger charge is -2.33. The van der Waals surface area contributed by atoms with Crippen LogP contribution in [0.4, 0.5) is 0 Å². The van der Waals surface area contributed by atoms with E-state index < -0.39 is 23.5 Å². The molecule has 0 radical (unpaired) electrons. The number of rotatable bonds is 9. The molecule has 0 saturated carbocycles. The minimum absolute atomic E-state index is 0.170. The predicted molar refractivity (Wildman–Crippen MR) is 71.5 cm³/mol. The highest BCUT2D eigenvalue weighted by molar-refractivity contribution is 5.96. The average Bonchev–Trinajstić information content (AvgIpc) is 2.30. The fraction of sp³-hybridized carbons (Fsp3) is 0.857. The molecule has 5 nitrogen and oxygen atoms in total. The van der Waals surface area contributed by atoms with Crippen LogP contribution in [0.15, 0.2) is 0 Å².